The van der Waals surface area contributed by atoms with Gasteiger partial charge in [-0.25, -0.2) is 0 Å². The first kappa shape index (κ1) is 11.9. The van der Waals surface area contributed by atoms with Gasteiger partial charge in [0.1, 0.15) is 12.7 Å². The largest absolute Gasteiger partial charge is 0.493 e. The standard InChI is InChI=1S/C24H33N3O4/c1-18-7-6-8-19(2)24(18)25-23(29)16-27-13-11-26(12-14-27)15-20(28)17-31-22-10-5-4-9-21(22)30-3/h4-10,20,28H,11-17H2,1-3H3,(H,25,29)/i1D3,2D3,15D2,16D2,17D2. The minimum atomic E-state index is -2.92. The van der Waals surface area contributed by atoms with Crippen molar-refractivity contribution in [1.29, 1.82) is 0 Å². The third-order valence-corrected chi connectivity index (χ3v) is 4.50. The maximum Gasteiger partial charge on any atom is 0.238 e. The summed E-state index contributed by atoms with van der Waals surface area (Å²) in [6, 6.07) is 9.52. The van der Waals surface area contributed by atoms with E-state index in [1.165, 1.54) is 25.3 Å². The molecule has 1 aliphatic heterocycles. The van der Waals surface area contributed by atoms with E-state index in [0.717, 1.165) is 21.9 Å². The quantitative estimate of drug-likeness (QED) is 0.625. The monoisotopic (exact) mass is 439 g/mol. The minimum Gasteiger partial charge on any atom is -0.493 e. The van der Waals surface area contributed by atoms with E-state index in [4.69, 9.17) is 25.9 Å². The number of nitrogens with zero attached hydrogens (tertiary/aromatic N) is 2. The molecule has 1 fully saturated rings. The Bertz CT molecular complexity index is 1260. The van der Waals surface area contributed by atoms with E-state index in [1.807, 2.05) is 0 Å². The number of hydrogen-bond donors (Lipinski definition) is 2. The molecule has 1 amide bonds. The first-order chi connectivity index (χ1) is 19.6. The van der Waals surface area contributed by atoms with Crippen LogP contribution in [0.3, 0.4) is 0 Å². The van der Waals surface area contributed by atoms with Crippen LogP contribution in [-0.2, 0) is 4.79 Å². The van der Waals surface area contributed by atoms with Gasteiger partial charge < -0.3 is 19.9 Å². The van der Waals surface area contributed by atoms with Crippen LogP contribution in [0.25, 0.3) is 0 Å². The molecule has 0 spiro atoms. The van der Waals surface area contributed by atoms with Crippen LogP contribution in [0.2, 0.25) is 0 Å². The van der Waals surface area contributed by atoms with Crippen molar-refractivity contribution >= 4 is 11.6 Å². The molecule has 3 rings (SSSR count). The zero-order valence-electron chi connectivity index (χ0n) is 29.0. The van der Waals surface area contributed by atoms with Crippen LogP contribution in [0, 0.1) is 13.7 Å². The summed E-state index contributed by atoms with van der Waals surface area (Å²) in [6.45, 7) is -15.0. The van der Waals surface area contributed by atoms with Crippen molar-refractivity contribution in [1.82, 2.24) is 9.80 Å². The Kier molecular flexibility index (Phi) is 4.26. The number of carbonyl (C=O) groups is 1. The summed E-state index contributed by atoms with van der Waals surface area (Å²) in [7, 11) is 1.34. The minimum absolute atomic E-state index is 0.0596. The molecule has 0 aromatic heterocycles. The molecule has 0 radical (unpaired) electrons. The number of piperazine rings is 1. The van der Waals surface area contributed by atoms with Gasteiger partial charge in [0.15, 0.2) is 11.5 Å². The number of nitrogens with one attached hydrogen (secondary N) is 1. The van der Waals surface area contributed by atoms with Crippen LogP contribution in [0.1, 0.15) is 27.6 Å². The number of methoxy groups -OCH3 is 1. The number of aliphatic hydroxyl groups is 1. The van der Waals surface area contributed by atoms with Gasteiger partial charge in [-0.15, -0.1) is 0 Å². The maximum absolute atomic E-state index is 13.1. The van der Waals surface area contributed by atoms with Crippen molar-refractivity contribution in [3.63, 3.8) is 0 Å². The number of rotatable bonds is 9. The van der Waals surface area contributed by atoms with Crippen molar-refractivity contribution in [2.75, 3.05) is 58.2 Å². The fourth-order valence-corrected chi connectivity index (χ4v) is 2.94. The second-order valence-corrected chi connectivity index (χ2v) is 6.67. The summed E-state index contributed by atoms with van der Waals surface area (Å²) in [5.41, 5.74) is -1.48. The first-order valence-electron chi connectivity index (χ1n) is 15.6. The van der Waals surface area contributed by atoms with Gasteiger partial charge in [0, 0.05) is 49.3 Å². The van der Waals surface area contributed by atoms with Gasteiger partial charge in [0.25, 0.3) is 0 Å². The lowest BCUT2D eigenvalue weighted by Crippen LogP contribution is -2.50. The zero-order chi connectivity index (χ0) is 32.6. The van der Waals surface area contributed by atoms with E-state index in [0.29, 0.717) is 0 Å². The number of benzene rings is 2. The number of aliphatic hydroxyl groups excluding tert-OH is 1. The third-order valence-electron chi connectivity index (χ3n) is 4.50. The van der Waals surface area contributed by atoms with E-state index in [9.17, 15) is 9.90 Å². The number of hydrogen-bond acceptors (Lipinski definition) is 6. The van der Waals surface area contributed by atoms with Gasteiger partial charge in [-0.1, -0.05) is 30.3 Å². The Morgan fingerprint density at radius 2 is 1.74 bits per heavy atom. The predicted octanol–water partition coefficient (Wildman–Crippen LogP) is 2.31. The highest BCUT2D eigenvalue weighted by molar-refractivity contribution is 5.93. The normalized spacial score (nSPS) is 23.9. The summed E-state index contributed by atoms with van der Waals surface area (Å²) in [6.07, 6.45) is -2.33. The number of para-hydroxylation sites is 3. The Morgan fingerprint density at radius 1 is 1.10 bits per heavy atom. The number of β-amino-alcohol motifs (C(OH)–C–C–N with tert-alkyl or cyclic N) is 1. The van der Waals surface area contributed by atoms with Crippen molar-refractivity contribution in [2.24, 2.45) is 0 Å². The molecule has 2 N–H and O–H groups in total. The van der Waals surface area contributed by atoms with Crippen LogP contribution in [-0.4, -0.2) is 79.8 Å². The summed E-state index contributed by atoms with van der Waals surface area (Å²) in [5.74, 6) is -1.22. The van der Waals surface area contributed by atoms with E-state index in [1.54, 1.807) is 12.1 Å². The van der Waals surface area contributed by atoms with Gasteiger partial charge in [-0.2, -0.15) is 0 Å². The Balaban J connectivity index is 1.75. The molecule has 0 saturated carbocycles. The lowest BCUT2D eigenvalue weighted by atomic mass is 10.1. The van der Waals surface area contributed by atoms with Crippen LogP contribution < -0.4 is 14.8 Å². The predicted molar refractivity (Wildman–Crippen MR) is 122 cm³/mol. The van der Waals surface area contributed by atoms with Crippen molar-refractivity contribution in [3.05, 3.63) is 53.6 Å². The zero-order valence-corrected chi connectivity index (χ0v) is 17.0. The molecule has 7 nitrogen and oxygen atoms in total. The molecule has 1 saturated heterocycles. The van der Waals surface area contributed by atoms with Crippen LogP contribution >= 0.6 is 0 Å². The molecule has 1 unspecified atom stereocenters. The average molecular weight is 440 g/mol. The Morgan fingerprint density at radius 3 is 2.39 bits per heavy atom. The smallest absolute Gasteiger partial charge is 0.238 e. The molecule has 1 aliphatic rings. The highest BCUT2D eigenvalue weighted by Gasteiger charge is 2.21. The van der Waals surface area contributed by atoms with E-state index in [-0.39, 0.29) is 37.7 Å². The third kappa shape index (κ3) is 6.69. The van der Waals surface area contributed by atoms with E-state index in [2.05, 4.69) is 5.32 Å². The summed E-state index contributed by atoms with van der Waals surface area (Å²) < 4.78 is 107. The van der Waals surface area contributed by atoms with Crippen LogP contribution in [0.15, 0.2) is 42.5 Å². The van der Waals surface area contributed by atoms with Crippen LogP contribution in [0.4, 0.5) is 5.69 Å². The topological polar surface area (TPSA) is 74.3 Å². The van der Waals surface area contributed by atoms with Crippen LogP contribution in [0.5, 0.6) is 11.5 Å². The summed E-state index contributed by atoms with van der Waals surface area (Å²) in [4.78, 5) is 15.3. The number of amides is 1. The Labute approximate surface area is 201 Å². The molecule has 7 heteroatoms. The van der Waals surface area contributed by atoms with Crippen molar-refractivity contribution in [2.45, 2.75) is 19.8 Å². The molecule has 1 atom stereocenters. The highest BCUT2D eigenvalue weighted by Crippen LogP contribution is 2.25. The summed E-state index contributed by atoms with van der Waals surface area (Å²) >= 11 is 0. The molecule has 1 heterocycles. The molecule has 0 bridgehead atoms. The number of carbonyl (C=O) groups excluding carboxylic acids is 1. The van der Waals surface area contributed by atoms with Gasteiger partial charge in [0.2, 0.25) is 5.91 Å². The molecule has 2 aromatic rings. The van der Waals surface area contributed by atoms with Gasteiger partial charge >= 0.3 is 0 Å². The molecule has 0 aliphatic carbocycles. The maximum atomic E-state index is 13.1. The SMILES string of the molecule is [2H]C([2H])([2H])c1cccc(C([2H])([2H])[2H])c1NC(=O)C([2H])([2H])N1CCN(C([2H])([2H])C(O)C([2H])([2H])Oc2ccccc2OC)CC1. The average Bonchev–Trinajstić information content (AvgIpc) is 2.91. The number of aryl methyl sites for hydroxylation is 2. The lowest BCUT2D eigenvalue weighted by molar-refractivity contribution is -0.117. The second-order valence-electron chi connectivity index (χ2n) is 6.67. The van der Waals surface area contributed by atoms with E-state index < -0.39 is 62.1 Å². The second kappa shape index (κ2) is 11.1. The molecular weight excluding hydrogens is 394 g/mol. The highest BCUT2D eigenvalue weighted by atomic mass is 16.5. The fraction of sp³-hybridized carbons (Fsp3) is 0.458. The molecule has 31 heavy (non-hydrogen) atoms. The fourth-order valence-electron chi connectivity index (χ4n) is 2.94. The molecule has 2 aromatic carbocycles. The first-order valence-corrected chi connectivity index (χ1v) is 9.59. The van der Waals surface area contributed by atoms with Crippen molar-refractivity contribution < 1.29 is 35.8 Å². The lowest BCUT2D eigenvalue weighted by Gasteiger charge is -2.35. The van der Waals surface area contributed by atoms with Gasteiger partial charge in [-0.3, -0.25) is 14.6 Å². The molecular formula is C24H33N3O4. The number of ether oxygens (including phenoxy) is 2. The van der Waals surface area contributed by atoms with Crippen molar-refractivity contribution in [3.8, 4) is 11.5 Å². The molecule has 168 valence electrons. The number of anilines is 1. The Hall–Kier alpha value is -2.61. The van der Waals surface area contributed by atoms with Gasteiger partial charge in [-0.05, 0) is 37.0 Å². The van der Waals surface area contributed by atoms with Gasteiger partial charge in [0.05, 0.1) is 19.1 Å². The summed E-state index contributed by atoms with van der Waals surface area (Å²) in [5, 5.41) is 12.9. The van der Waals surface area contributed by atoms with E-state index >= 15 is 0 Å².